The van der Waals surface area contributed by atoms with Crippen LogP contribution in [0, 0.1) is 0 Å². The Morgan fingerprint density at radius 2 is 1.73 bits per heavy atom. The standard InChI is InChI=1S/C33H42N4O4/c1-33(2,3)41-32(40)36-28(24-25-16-9-7-10-17-25)31(39)37-23-15-21-29(37)30(38)35-27(26-18-11-8-12-19-26)20-13-5-6-14-22-34-4/h5-12,14,16-19,22,27-29H,4,13,15,20-21,23-24H2,1-3H3,(H,35,38)(H,36,40)/b6-5-,22-14-. The van der Waals surface area contributed by atoms with Gasteiger partial charge in [0.05, 0.1) is 6.04 Å². The summed E-state index contributed by atoms with van der Waals surface area (Å²) in [6.07, 6.45) is 9.67. The summed E-state index contributed by atoms with van der Waals surface area (Å²) in [5.74, 6) is -0.487. The van der Waals surface area contributed by atoms with Crippen molar-refractivity contribution in [3.63, 3.8) is 0 Å². The molecule has 218 valence electrons. The van der Waals surface area contributed by atoms with Crippen molar-refractivity contribution in [2.75, 3.05) is 6.54 Å². The third-order valence-corrected chi connectivity index (χ3v) is 6.69. The van der Waals surface area contributed by atoms with Gasteiger partial charge in [0.2, 0.25) is 11.8 Å². The zero-order valence-electron chi connectivity index (χ0n) is 24.3. The Morgan fingerprint density at radius 3 is 2.39 bits per heavy atom. The third-order valence-electron chi connectivity index (χ3n) is 6.69. The maximum atomic E-state index is 13.9. The lowest BCUT2D eigenvalue weighted by molar-refractivity contribution is -0.140. The van der Waals surface area contributed by atoms with E-state index in [0.29, 0.717) is 32.2 Å². The van der Waals surface area contributed by atoms with Gasteiger partial charge in [-0.05, 0) is 70.4 Å². The fraction of sp³-hybridized carbons (Fsp3) is 0.394. The molecule has 0 spiro atoms. The zero-order valence-corrected chi connectivity index (χ0v) is 24.3. The van der Waals surface area contributed by atoms with Crippen LogP contribution in [-0.4, -0.2) is 53.8 Å². The Bertz CT molecular complexity index is 1200. The summed E-state index contributed by atoms with van der Waals surface area (Å²) in [5.41, 5.74) is 1.20. The highest BCUT2D eigenvalue weighted by atomic mass is 16.6. The number of rotatable bonds is 12. The number of nitrogens with zero attached hydrogens (tertiary/aromatic N) is 2. The number of benzene rings is 2. The third kappa shape index (κ3) is 10.4. The number of carbonyl (C=O) groups excluding carboxylic acids is 3. The number of carbonyl (C=O) groups is 3. The fourth-order valence-electron chi connectivity index (χ4n) is 4.83. The lowest BCUT2D eigenvalue weighted by Gasteiger charge is -2.30. The first kappa shape index (κ1) is 31.3. The van der Waals surface area contributed by atoms with Crippen molar-refractivity contribution in [2.45, 2.75) is 76.6 Å². The van der Waals surface area contributed by atoms with E-state index in [1.165, 1.54) is 0 Å². The van der Waals surface area contributed by atoms with Gasteiger partial charge in [-0.1, -0.05) is 72.8 Å². The normalized spacial score (nSPS) is 16.9. The minimum atomic E-state index is -0.867. The topological polar surface area (TPSA) is 100 Å². The number of hydrogen-bond donors (Lipinski definition) is 2. The van der Waals surface area contributed by atoms with Crippen molar-refractivity contribution in [3.05, 3.63) is 96.2 Å². The lowest BCUT2D eigenvalue weighted by Crippen LogP contribution is -2.55. The van der Waals surface area contributed by atoms with Crippen molar-refractivity contribution in [3.8, 4) is 0 Å². The van der Waals surface area contributed by atoms with Crippen LogP contribution in [0.25, 0.3) is 0 Å². The van der Waals surface area contributed by atoms with E-state index in [0.717, 1.165) is 17.5 Å². The van der Waals surface area contributed by atoms with Gasteiger partial charge in [0.1, 0.15) is 17.7 Å². The Kier molecular flexibility index (Phi) is 11.9. The molecule has 3 rings (SSSR count). The predicted octanol–water partition coefficient (Wildman–Crippen LogP) is 5.52. The molecular formula is C33H42N4O4. The Morgan fingerprint density at radius 1 is 1.05 bits per heavy atom. The Labute approximate surface area is 243 Å². The van der Waals surface area contributed by atoms with Gasteiger partial charge in [0.25, 0.3) is 0 Å². The van der Waals surface area contributed by atoms with Gasteiger partial charge in [-0.2, -0.15) is 0 Å². The van der Waals surface area contributed by atoms with Crippen LogP contribution in [0.5, 0.6) is 0 Å². The van der Waals surface area contributed by atoms with E-state index in [4.69, 9.17) is 4.74 Å². The summed E-state index contributed by atoms with van der Waals surface area (Å²) in [4.78, 5) is 45.5. The number of amides is 3. The van der Waals surface area contributed by atoms with Crippen LogP contribution in [0.2, 0.25) is 0 Å². The van der Waals surface area contributed by atoms with Crippen molar-refractivity contribution < 1.29 is 19.1 Å². The van der Waals surface area contributed by atoms with E-state index >= 15 is 0 Å². The molecule has 3 unspecified atom stereocenters. The molecule has 1 heterocycles. The van der Waals surface area contributed by atoms with Gasteiger partial charge < -0.3 is 20.3 Å². The number of likely N-dealkylation sites (tertiary alicyclic amines) is 1. The second kappa shape index (κ2) is 15.6. The fourth-order valence-corrected chi connectivity index (χ4v) is 4.83. The highest BCUT2D eigenvalue weighted by Gasteiger charge is 2.38. The molecule has 2 aromatic rings. The van der Waals surface area contributed by atoms with Crippen LogP contribution < -0.4 is 10.6 Å². The van der Waals surface area contributed by atoms with Gasteiger partial charge in [-0.25, -0.2) is 4.79 Å². The summed E-state index contributed by atoms with van der Waals surface area (Å²) < 4.78 is 5.44. The summed E-state index contributed by atoms with van der Waals surface area (Å²) >= 11 is 0. The number of aliphatic imine (C=N–C) groups is 1. The Balaban J connectivity index is 1.75. The van der Waals surface area contributed by atoms with Crippen LogP contribution in [0.1, 0.15) is 63.6 Å². The summed E-state index contributed by atoms with van der Waals surface area (Å²) in [6, 6.07) is 17.6. The molecule has 0 aliphatic carbocycles. The number of allylic oxidation sites excluding steroid dienone is 3. The van der Waals surface area contributed by atoms with E-state index in [1.54, 1.807) is 31.9 Å². The minimum Gasteiger partial charge on any atom is -0.444 e. The van der Waals surface area contributed by atoms with E-state index < -0.39 is 23.8 Å². The Hall–Kier alpha value is -4.20. The van der Waals surface area contributed by atoms with Gasteiger partial charge in [0.15, 0.2) is 0 Å². The van der Waals surface area contributed by atoms with Gasteiger partial charge in [-0.15, -0.1) is 0 Å². The van der Waals surface area contributed by atoms with Crippen LogP contribution in [0.3, 0.4) is 0 Å². The molecule has 1 aliphatic heterocycles. The van der Waals surface area contributed by atoms with E-state index in [2.05, 4.69) is 22.3 Å². The lowest BCUT2D eigenvalue weighted by atomic mass is 10.0. The molecule has 1 aliphatic rings. The molecule has 0 radical (unpaired) electrons. The van der Waals surface area contributed by atoms with Crippen LogP contribution in [0.4, 0.5) is 4.79 Å². The highest BCUT2D eigenvalue weighted by Crippen LogP contribution is 2.24. The van der Waals surface area contributed by atoms with Gasteiger partial charge in [-0.3, -0.25) is 14.6 Å². The number of hydrogen-bond acceptors (Lipinski definition) is 5. The summed E-state index contributed by atoms with van der Waals surface area (Å²) in [6.45, 7) is 9.19. The monoisotopic (exact) mass is 558 g/mol. The van der Waals surface area contributed by atoms with Crippen molar-refractivity contribution in [1.29, 1.82) is 0 Å². The second-order valence-electron chi connectivity index (χ2n) is 11.1. The van der Waals surface area contributed by atoms with Crippen LogP contribution in [0.15, 0.2) is 90.1 Å². The molecule has 3 amide bonds. The first-order chi connectivity index (χ1) is 19.7. The minimum absolute atomic E-state index is 0.194. The zero-order chi connectivity index (χ0) is 29.7. The largest absolute Gasteiger partial charge is 0.444 e. The molecule has 0 bridgehead atoms. The molecule has 3 atom stereocenters. The van der Waals surface area contributed by atoms with Crippen molar-refractivity contribution >= 4 is 24.6 Å². The first-order valence-electron chi connectivity index (χ1n) is 14.1. The molecule has 2 N–H and O–H groups in total. The predicted molar refractivity (Wildman–Crippen MR) is 162 cm³/mol. The summed E-state index contributed by atoms with van der Waals surface area (Å²) in [5, 5.41) is 5.96. The maximum absolute atomic E-state index is 13.9. The van der Waals surface area contributed by atoms with Gasteiger partial charge >= 0.3 is 6.09 Å². The summed E-state index contributed by atoms with van der Waals surface area (Å²) in [7, 11) is 0. The molecule has 0 saturated carbocycles. The van der Waals surface area contributed by atoms with E-state index in [1.807, 2.05) is 78.9 Å². The molecule has 1 fully saturated rings. The SMILES string of the molecule is C=N/C=C\C=C/CCC(NC(=O)C1CCCN1C(=O)C(Cc1ccccc1)NC(=O)OC(C)(C)C)c1ccccc1. The van der Waals surface area contributed by atoms with Crippen molar-refractivity contribution in [2.24, 2.45) is 4.99 Å². The quantitative estimate of drug-likeness (QED) is 0.265. The molecule has 1 saturated heterocycles. The molecule has 8 nitrogen and oxygen atoms in total. The molecule has 8 heteroatoms. The number of ether oxygens (including phenoxy) is 1. The van der Waals surface area contributed by atoms with E-state index in [-0.39, 0.29) is 17.9 Å². The maximum Gasteiger partial charge on any atom is 0.408 e. The average Bonchev–Trinajstić information content (AvgIpc) is 3.44. The van der Waals surface area contributed by atoms with E-state index in [9.17, 15) is 14.4 Å². The average molecular weight is 559 g/mol. The van der Waals surface area contributed by atoms with Crippen LogP contribution >= 0.6 is 0 Å². The second-order valence-corrected chi connectivity index (χ2v) is 11.1. The molecule has 2 aromatic carbocycles. The number of alkyl carbamates (subject to hydrolysis) is 1. The van der Waals surface area contributed by atoms with Gasteiger partial charge in [0, 0.05) is 19.2 Å². The molecule has 41 heavy (non-hydrogen) atoms. The highest BCUT2D eigenvalue weighted by molar-refractivity contribution is 5.92. The number of nitrogens with one attached hydrogen (secondary N) is 2. The van der Waals surface area contributed by atoms with Crippen LogP contribution in [-0.2, 0) is 20.7 Å². The molecular weight excluding hydrogens is 516 g/mol. The molecule has 0 aromatic heterocycles. The smallest absolute Gasteiger partial charge is 0.408 e. The van der Waals surface area contributed by atoms with Crippen molar-refractivity contribution in [1.82, 2.24) is 15.5 Å². The first-order valence-corrected chi connectivity index (χ1v) is 14.1.